The van der Waals surface area contributed by atoms with Crippen LogP contribution in [0.1, 0.15) is 20.9 Å². The molecule has 6 heteroatoms. The van der Waals surface area contributed by atoms with Crippen molar-refractivity contribution in [3.63, 3.8) is 0 Å². The zero-order chi connectivity index (χ0) is 13.3. The molecule has 18 heavy (non-hydrogen) atoms. The van der Waals surface area contributed by atoms with Gasteiger partial charge in [0, 0.05) is 0 Å². The summed E-state index contributed by atoms with van der Waals surface area (Å²) < 4.78 is 14.2. The lowest BCUT2D eigenvalue weighted by Crippen LogP contribution is -2.01. The number of fused-ring (bicyclic) bond motifs is 1. The van der Waals surface area contributed by atoms with Crippen molar-refractivity contribution >= 4 is 22.9 Å². The van der Waals surface area contributed by atoms with Crippen molar-refractivity contribution in [2.75, 3.05) is 14.2 Å². The highest BCUT2D eigenvalue weighted by molar-refractivity contribution is 6.09. The van der Waals surface area contributed by atoms with Gasteiger partial charge in [0.05, 0.1) is 25.2 Å². The molecule has 0 amide bonds. The van der Waals surface area contributed by atoms with E-state index < -0.39 is 17.7 Å². The molecule has 2 rings (SSSR count). The van der Waals surface area contributed by atoms with Gasteiger partial charge in [0.25, 0.3) is 5.76 Å². The second kappa shape index (κ2) is 4.40. The first-order valence-electron chi connectivity index (χ1n) is 5.01. The lowest BCUT2D eigenvalue weighted by molar-refractivity contribution is 0.0561. The molecule has 0 radical (unpaired) electrons. The number of rotatable bonds is 2. The summed E-state index contributed by atoms with van der Waals surface area (Å²) >= 11 is 0. The Morgan fingerprint density at radius 1 is 1.17 bits per heavy atom. The van der Waals surface area contributed by atoms with E-state index in [1.54, 1.807) is 6.07 Å². The van der Waals surface area contributed by atoms with Gasteiger partial charge in [-0.15, -0.1) is 0 Å². The molecule has 0 fully saturated rings. The van der Waals surface area contributed by atoms with Crippen molar-refractivity contribution in [1.29, 1.82) is 0 Å². The highest BCUT2D eigenvalue weighted by Crippen LogP contribution is 2.35. The second-order valence-electron chi connectivity index (χ2n) is 3.44. The van der Waals surface area contributed by atoms with Crippen LogP contribution in [0.15, 0.2) is 22.6 Å². The topological polar surface area (TPSA) is 86.0 Å². The van der Waals surface area contributed by atoms with Gasteiger partial charge in [-0.25, -0.2) is 9.59 Å². The van der Waals surface area contributed by atoms with Crippen molar-refractivity contribution in [3.05, 3.63) is 29.5 Å². The average molecular weight is 250 g/mol. The summed E-state index contributed by atoms with van der Waals surface area (Å²) in [5.74, 6) is -2.23. The van der Waals surface area contributed by atoms with E-state index in [0.717, 1.165) is 7.11 Å². The van der Waals surface area contributed by atoms with Gasteiger partial charge in [-0.2, -0.15) is 0 Å². The molecule has 0 bridgehead atoms. The SMILES string of the molecule is COC(=O)c1oc2cccc(C(=O)OC)c2c1O. The third kappa shape index (κ3) is 1.67. The van der Waals surface area contributed by atoms with E-state index in [-0.39, 0.29) is 22.3 Å². The molecule has 0 aliphatic rings. The number of hydrogen-bond acceptors (Lipinski definition) is 6. The van der Waals surface area contributed by atoms with Crippen LogP contribution < -0.4 is 0 Å². The lowest BCUT2D eigenvalue weighted by atomic mass is 10.1. The summed E-state index contributed by atoms with van der Waals surface area (Å²) in [5, 5.41) is 10.0. The minimum absolute atomic E-state index is 0.117. The summed E-state index contributed by atoms with van der Waals surface area (Å²) in [6, 6.07) is 4.54. The Kier molecular flexibility index (Phi) is 2.93. The predicted molar refractivity (Wildman–Crippen MR) is 60.6 cm³/mol. The van der Waals surface area contributed by atoms with Gasteiger partial charge in [-0.05, 0) is 12.1 Å². The molecule has 1 N–H and O–H groups in total. The van der Waals surface area contributed by atoms with Crippen LogP contribution in [0.3, 0.4) is 0 Å². The molecule has 1 aromatic carbocycles. The molecule has 0 spiro atoms. The van der Waals surface area contributed by atoms with E-state index in [1.807, 2.05) is 0 Å². The fourth-order valence-electron chi connectivity index (χ4n) is 1.64. The predicted octanol–water partition coefficient (Wildman–Crippen LogP) is 1.71. The number of hydrogen-bond donors (Lipinski definition) is 1. The van der Waals surface area contributed by atoms with E-state index in [9.17, 15) is 14.7 Å². The Morgan fingerprint density at radius 3 is 2.44 bits per heavy atom. The maximum atomic E-state index is 11.5. The van der Waals surface area contributed by atoms with E-state index in [1.165, 1.54) is 19.2 Å². The van der Waals surface area contributed by atoms with Crippen molar-refractivity contribution < 1.29 is 28.6 Å². The third-order valence-electron chi connectivity index (χ3n) is 2.47. The molecular weight excluding hydrogens is 240 g/mol. The van der Waals surface area contributed by atoms with E-state index >= 15 is 0 Å². The minimum Gasteiger partial charge on any atom is -0.504 e. The first kappa shape index (κ1) is 12.0. The zero-order valence-corrected chi connectivity index (χ0v) is 9.72. The van der Waals surface area contributed by atoms with Gasteiger partial charge in [0.1, 0.15) is 5.58 Å². The largest absolute Gasteiger partial charge is 0.504 e. The standard InChI is InChI=1S/C12H10O6/c1-16-11(14)6-4-3-5-7-8(6)9(13)10(18-7)12(15)17-2/h3-5,13H,1-2H3. The molecule has 1 heterocycles. The van der Waals surface area contributed by atoms with Gasteiger partial charge in [0.15, 0.2) is 5.75 Å². The lowest BCUT2D eigenvalue weighted by Gasteiger charge is -2.00. The Morgan fingerprint density at radius 2 is 1.83 bits per heavy atom. The molecule has 0 unspecified atom stereocenters. The van der Waals surface area contributed by atoms with Crippen molar-refractivity contribution in [3.8, 4) is 5.75 Å². The number of ether oxygens (including phenoxy) is 2. The number of carbonyl (C=O) groups is 2. The number of methoxy groups -OCH3 is 2. The summed E-state index contributed by atoms with van der Waals surface area (Å²) in [6.07, 6.45) is 0. The first-order chi connectivity index (χ1) is 8.60. The monoisotopic (exact) mass is 250 g/mol. The molecule has 1 aromatic heterocycles. The van der Waals surface area contributed by atoms with E-state index in [2.05, 4.69) is 9.47 Å². The van der Waals surface area contributed by atoms with Gasteiger partial charge >= 0.3 is 11.9 Å². The summed E-state index contributed by atoms with van der Waals surface area (Å²) in [5.41, 5.74) is 0.321. The quantitative estimate of drug-likeness (QED) is 0.816. The smallest absolute Gasteiger partial charge is 0.377 e. The van der Waals surface area contributed by atoms with Crippen molar-refractivity contribution in [1.82, 2.24) is 0 Å². The molecule has 0 atom stereocenters. The number of esters is 2. The highest BCUT2D eigenvalue weighted by atomic mass is 16.5. The van der Waals surface area contributed by atoms with Crippen LogP contribution in [0.4, 0.5) is 0 Å². The fourth-order valence-corrected chi connectivity index (χ4v) is 1.64. The Bertz CT molecular complexity index is 625. The van der Waals surface area contributed by atoms with Crippen LogP contribution in [0, 0.1) is 0 Å². The maximum Gasteiger partial charge on any atom is 0.377 e. The third-order valence-corrected chi connectivity index (χ3v) is 2.47. The van der Waals surface area contributed by atoms with E-state index in [0.29, 0.717) is 0 Å². The van der Waals surface area contributed by atoms with Crippen LogP contribution in [-0.2, 0) is 9.47 Å². The van der Waals surface area contributed by atoms with Crippen LogP contribution in [-0.4, -0.2) is 31.3 Å². The molecule has 94 valence electrons. The first-order valence-corrected chi connectivity index (χ1v) is 5.01. The Hall–Kier alpha value is -2.50. The molecule has 0 saturated heterocycles. The number of carbonyl (C=O) groups excluding carboxylic acids is 2. The van der Waals surface area contributed by atoms with E-state index in [4.69, 9.17) is 4.42 Å². The molecule has 2 aromatic rings. The molecule has 6 nitrogen and oxygen atoms in total. The van der Waals surface area contributed by atoms with Crippen molar-refractivity contribution in [2.24, 2.45) is 0 Å². The number of furan rings is 1. The number of benzene rings is 1. The van der Waals surface area contributed by atoms with Crippen LogP contribution in [0.5, 0.6) is 5.75 Å². The maximum absolute atomic E-state index is 11.5. The number of aromatic hydroxyl groups is 1. The Labute approximate surface area is 102 Å². The summed E-state index contributed by atoms with van der Waals surface area (Å²) in [7, 11) is 2.38. The summed E-state index contributed by atoms with van der Waals surface area (Å²) in [6.45, 7) is 0. The van der Waals surface area contributed by atoms with Crippen LogP contribution >= 0.6 is 0 Å². The van der Waals surface area contributed by atoms with Crippen LogP contribution in [0.25, 0.3) is 11.0 Å². The molecular formula is C12H10O6. The molecule has 0 saturated carbocycles. The van der Waals surface area contributed by atoms with Crippen LogP contribution in [0.2, 0.25) is 0 Å². The van der Waals surface area contributed by atoms with Gasteiger partial charge in [-0.3, -0.25) is 0 Å². The normalized spacial score (nSPS) is 10.3. The van der Waals surface area contributed by atoms with Gasteiger partial charge in [-0.1, -0.05) is 6.07 Å². The Balaban J connectivity index is 2.73. The second-order valence-corrected chi connectivity index (χ2v) is 3.44. The molecule has 0 aliphatic heterocycles. The van der Waals surface area contributed by atoms with Crippen molar-refractivity contribution in [2.45, 2.75) is 0 Å². The highest BCUT2D eigenvalue weighted by Gasteiger charge is 2.24. The molecule has 0 aliphatic carbocycles. The average Bonchev–Trinajstić information content (AvgIpc) is 2.74. The van der Waals surface area contributed by atoms with Gasteiger partial charge < -0.3 is 19.0 Å². The zero-order valence-electron chi connectivity index (χ0n) is 9.72. The minimum atomic E-state index is -0.820. The summed E-state index contributed by atoms with van der Waals surface area (Å²) in [4.78, 5) is 22.9. The van der Waals surface area contributed by atoms with Gasteiger partial charge in [0.2, 0.25) is 0 Å². The fraction of sp³-hybridized carbons (Fsp3) is 0.167.